The van der Waals surface area contributed by atoms with Gasteiger partial charge in [-0.2, -0.15) is 0 Å². The van der Waals surface area contributed by atoms with Crippen molar-refractivity contribution < 1.29 is 19.1 Å². The number of terminal acetylenes is 1. The lowest BCUT2D eigenvalue weighted by atomic mass is 10.4. The molecule has 0 aromatic heterocycles. The van der Waals surface area contributed by atoms with Crippen LogP contribution < -0.4 is 0 Å². The van der Waals surface area contributed by atoms with Crippen LogP contribution in [0.3, 0.4) is 0 Å². The van der Waals surface area contributed by atoms with Crippen molar-refractivity contribution >= 4 is 11.9 Å². The molecule has 4 heteroatoms. The molecule has 0 aliphatic heterocycles. The van der Waals surface area contributed by atoms with Crippen LogP contribution in [0.25, 0.3) is 0 Å². The van der Waals surface area contributed by atoms with E-state index < -0.39 is 18.4 Å². The molecule has 0 saturated carbocycles. The summed E-state index contributed by atoms with van der Waals surface area (Å²) in [5.74, 6) is 41.3. The third-order valence-electron chi connectivity index (χ3n) is 1.80. The molecule has 0 bridgehead atoms. The first-order valence-electron chi connectivity index (χ1n) is 6.92. The van der Waals surface area contributed by atoms with Crippen LogP contribution in [0.4, 0.5) is 0 Å². The molecule has 0 atom stereocenters. The quantitative estimate of drug-likeness (QED) is 0.387. The Kier molecular flexibility index (Phi) is 14.4. The van der Waals surface area contributed by atoms with Gasteiger partial charge < -0.3 is 9.47 Å². The Morgan fingerprint density at radius 3 is 1.32 bits per heavy atom. The fourth-order valence-electron chi connectivity index (χ4n) is 0.839. The number of hydrogen-bond acceptors (Lipinski definition) is 4. The molecule has 126 valence electrons. The van der Waals surface area contributed by atoms with Gasteiger partial charge in [-0.25, -0.2) is 0 Å². The maximum Gasteiger partial charge on any atom is 0.331 e. The van der Waals surface area contributed by atoms with Crippen LogP contribution in [0.2, 0.25) is 0 Å². The first-order valence-corrected chi connectivity index (χ1v) is 6.92. The van der Waals surface area contributed by atoms with Gasteiger partial charge in [-0.05, 0) is 47.4 Å². The van der Waals surface area contributed by atoms with Crippen molar-refractivity contribution in [3.63, 3.8) is 0 Å². The summed E-state index contributed by atoms with van der Waals surface area (Å²) < 4.78 is 8.68. The minimum Gasteiger partial charge on any atom is -0.469 e. The van der Waals surface area contributed by atoms with E-state index in [4.69, 9.17) is 6.42 Å². The van der Waals surface area contributed by atoms with E-state index in [-0.39, 0.29) is 0 Å². The van der Waals surface area contributed by atoms with Crippen LogP contribution in [0, 0.1) is 119 Å². The Labute approximate surface area is 164 Å². The van der Waals surface area contributed by atoms with Crippen molar-refractivity contribution in [1.82, 2.24) is 0 Å². The molecule has 0 aromatic carbocycles. The van der Waals surface area contributed by atoms with Gasteiger partial charge in [-0.3, -0.25) is 9.59 Å². The van der Waals surface area contributed by atoms with Crippen molar-refractivity contribution in [1.29, 1.82) is 0 Å². The van der Waals surface area contributed by atoms with E-state index in [9.17, 15) is 9.59 Å². The van der Waals surface area contributed by atoms with Crippen molar-refractivity contribution in [2.45, 2.75) is 6.42 Å². The predicted octanol–water partition coefficient (Wildman–Crippen LogP) is -0.286. The van der Waals surface area contributed by atoms with Gasteiger partial charge in [-0.1, -0.05) is 0 Å². The van der Waals surface area contributed by atoms with Crippen molar-refractivity contribution in [3.05, 3.63) is 0 Å². The summed E-state index contributed by atoms with van der Waals surface area (Å²) in [4.78, 5) is 21.8. The molecule has 0 aliphatic carbocycles. The Morgan fingerprint density at radius 1 is 0.607 bits per heavy atom. The summed E-state index contributed by atoms with van der Waals surface area (Å²) in [6.07, 6.45) is 6.39. The highest BCUT2D eigenvalue weighted by Gasteiger charge is 2.09. The van der Waals surface area contributed by atoms with E-state index in [1.165, 1.54) is 0 Å². The van der Waals surface area contributed by atoms with E-state index >= 15 is 0 Å². The second-order valence-corrected chi connectivity index (χ2v) is 3.60. The molecule has 0 unspecified atom stereocenters. The highest BCUT2D eigenvalue weighted by Crippen LogP contribution is 1.87. The number of rotatable bonds is 2. The third-order valence-corrected chi connectivity index (χ3v) is 1.80. The van der Waals surface area contributed by atoms with Gasteiger partial charge in [-0.15, -0.1) is 6.42 Å². The lowest BCUT2D eigenvalue weighted by Gasteiger charge is -1.94. The van der Waals surface area contributed by atoms with Gasteiger partial charge >= 0.3 is 11.9 Å². The van der Waals surface area contributed by atoms with Crippen LogP contribution in [0.5, 0.6) is 0 Å². The largest absolute Gasteiger partial charge is 0.469 e. The average Bonchev–Trinajstić information content (AvgIpc) is 2.69. The monoisotopic (exact) mass is 358 g/mol. The van der Waals surface area contributed by atoms with Crippen molar-refractivity contribution in [2.75, 3.05) is 7.11 Å². The summed E-state index contributed by atoms with van der Waals surface area (Å²) >= 11 is 0. The SMILES string of the molecule is C#CC#CC#CC#CC#CC#CC#CC#CC#CC#COC(=O)CC(=O)OC. The van der Waals surface area contributed by atoms with E-state index in [1.807, 2.05) is 6.11 Å². The first kappa shape index (κ1) is 22.5. The minimum atomic E-state index is -0.840. The summed E-state index contributed by atoms with van der Waals surface area (Å²) in [6.45, 7) is 0. The van der Waals surface area contributed by atoms with Crippen LogP contribution in [-0.2, 0) is 19.1 Å². The summed E-state index contributed by atoms with van der Waals surface area (Å²) in [6, 6.07) is 0. The fourth-order valence-corrected chi connectivity index (χ4v) is 0.839. The van der Waals surface area contributed by atoms with Crippen LogP contribution in [0.1, 0.15) is 6.42 Å². The Balaban J connectivity index is 4.35. The number of carbonyl (C=O) groups is 2. The van der Waals surface area contributed by atoms with Crippen LogP contribution in [-0.4, -0.2) is 19.0 Å². The highest BCUT2D eigenvalue weighted by molar-refractivity contribution is 5.91. The summed E-state index contributed by atoms with van der Waals surface area (Å²) in [5.41, 5.74) is 0. The van der Waals surface area contributed by atoms with Crippen LogP contribution >= 0.6 is 0 Å². The number of methoxy groups -OCH3 is 1. The molecule has 0 aliphatic rings. The number of carbonyl (C=O) groups excluding carboxylic acids is 2. The van der Waals surface area contributed by atoms with E-state index in [2.05, 4.69) is 116 Å². The van der Waals surface area contributed by atoms with Gasteiger partial charge in [0, 0.05) is 59.2 Å². The molecule has 0 rings (SSSR count). The minimum absolute atomic E-state index is 0.525. The smallest absolute Gasteiger partial charge is 0.331 e. The topological polar surface area (TPSA) is 52.6 Å². The zero-order valence-electron chi connectivity index (χ0n) is 14.4. The second-order valence-electron chi connectivity index (χ2n) is 3.60. The lowest BCUT2D eigenvalue weighted by molar-refractivity contribution is -0.149. The third kappa shape index (κ3) is 16.9. The van der Waals surface area contributed by atoms with Gasteiger partial charge in [0.05, 0.1) is 7.11 Å². The second kappa shape index (κ2) is 17.9. The Morgan fingerprint density at radius 2 is 0.964 bits per heavy atom. The molecule has 0 aromatic rings. The maximum atomic E-state index is 11.0. The molecule has 0 saturated heterocycles. The average molecular weight is 358 g/mol. The number of hydrogen-bond donors (Lipinski definition) is 0. The lowest BCUT2D eigenvalue weighted by Crippen LogP contribution is -2.09. The fraction of sp³-hybridized carbons (Fsp3) is 0.0833. The first-order chi connectivity index (χ1) is 13.7. The molecule has 0 radical (unpaired) electrons. The molecule has 0 N–H and O–H groups in total. The normalized spacial score (nSPS) is 5.29. The molecule has 0 amide bonds. The van der Waals surface area contributed by atoms with Gasteiger partial charge in [0.2, 0.25) is 0 Å². The predicted molar refractivity (Wildman–Crippen MR) is 102 cm³/mol. The van der Waals surface area contributed by atoms with Gasteiger partial charge in [0.25, 0.3) is 0 Å². The zero-order chi connectivity index (χ0) is 20.7. The van der Waals surface area contributed by atoms with Crippen molar-refractivity contribution in [3.8, 4) is 119 Å². The highest BCUT2D eigenvalue weighted by atomic mass is 16.5. The standard InChI is InChI=1S/C24H6O4/c1-3-4-5-6-7-8-9-10-11-12-13-14-15-16-17-18-19-20-21-28-24(26)22-23(25)27-2/h1H,22H2,2H3. The molecule has 0 heterocycles. The molecular weight excluding hydrogens is 352 g/mol. The maximum absolute atomic E-state index is 11.0. The van der Waals surface area contributed by atoms with E-state index in [0.29, 0.717) is 0 Å². The summed E-state index contributed by atoms with van der Waals surface area (Å²) in [7, 11) is 1.15. The van der Waals surface area contributed by atoms with Crippen LogP contribution in [0.15, 0.2) is 0 Å². The van der Waals surface area contributed by atoms with Gasteiger partial charge in [0.15, 0.2) is 0 Å². The zero-order valence-corrected chi connectivity index (χ0v) is 14.4. The van der Waals surface area contributed by atoms with Gasteiger partial charge in [0.1, 0.15) is 12.5 Å². The Bertz CT molecular complexity index is 1230. The molecular formula is C24H6O4. The molecule has 0 fully saturated rings. The van der Waals surface area contributed by atoms with E-state index in [0.717, 1.165) is 7.11 Å². The number of ether oxygens (including phenoxy) is 2. The molecule has 0 spiro atoms. The molecule has 4 nitrogen and oxygen atoms in total. The Hall–Kier alpha value is -5.46. The summed E-state index contributed by atoms with van der Waals surface area (Å²) in [5, 5.41) is 0. The molecule has 28 heavy (non-hydrogen) atoms. The number of esters is 2. The van der Waals surface area contributed by atoms with Crippen molar-refractivity contribution in [2.24, 2.45) is 0 Å². The van der Waals surface area contributed by atoms with E-state index in [1.54, 1.807) is 0 Å².